The molecule has 8 nitrogen and oxygen atoms in total. The van der Waals surface area contributed by atoms with Crippen LogP contribution < -0.4 is 10.5 Å². The van der Waals surface area contributed by atoms with Crippen LogP contribution in [-0.2, 0) is 11.3 Å². The molecule has 8 heteroatoms. The van der Waals surface area contributed by atoms with Crippen molar-refractivity contribution in [3.8, 4) is 17.3 Å². The van der Waals surface area contributed by atoms with Gasteiger partial charge in [-0.15, -0.1) is 0 Å². The predicted octanol–water partition coefficient (Wildman–Crippen LogP) is 4.32. The Morgan fingerprint density at radius 2 is 1.81 bits per heavy atom. The molecular formula is C23H25N5O3. The number of carbonyl (C=O) groups is 1. The van der Waals surface area contributed by atoms with Crippen LogP contribution in [0.1, 0.15) is 26.3 Å². The molecular weight excluding hydrogens is 394 g/mol. The number of fused-ring (bicyclic) bond motifs is 1. The van der Waals surface area contributed by atoms with E-state index in [9.17, 15) is 4.79 Å². The maximum absolute atomic E-state index is 13.0. The molecule has 160 valence electrons. The normalized spacial score (nSPS) is 11.6. The molecule has 0 unspecified atom stereocenters. The number of hydrogen-bond donors (Lipinski definition) is 1. The van der Waals surface area contributed by atoms with Gasteiger partial charge < -0.3 is 15.2 Å². The lowest BCUT2D eigenvalue weighted by Crippen LogP contribution is -2.27. The summed E-state index contributed by atoms with van der Waals surface area (Å²) < 4.78 is 13.9. The molecule has 2 aromatic carbocycles. The number of nitrogens with two attached hydrogens (primary N) is 1. The lowest BCUT2D eigenvalue weighted by Gasteiger charge is -2.20. The van der Waals surface area contributed by atoms with Crippen molar-refractivity contribution in [2.75, 3.05) is 12.8 Å². The maximum atomic E-state index is 13.0. The summed E-state index contributed by atoms with van der Waals surface area (Å²) in [5, 5.41) is 4.62. The van der Waals surface area contributed by atoms with Crippen LogP contribution in [0.2, 0.25) is 0 Å². The summed E-state index contributed by atoms with van der Waals surface area (Å²) in [5.41, 5.74) is 8.41. The molecule has 2 aromatic heterocycles. The largest absolute Gasteiger partial charge is 0.497 e. The average molecular weight is 419 g/mol. The van der Waals surface area contributed by atoms with Gasteiger partial charge in [-0.05, 0) is 50.6 Å². The second kappa shape index (κ2) is 7.79. The topological polar surface area (TPSA) is 97.2 Å². The molecule has 0 bridgehead atoms. The quantitative estimate of drug-likeness (QED) is 0.529. The first kappa shape index (κ1) is 20.5. The first-order chi connectivity index (χ1) is 14.7. The molecule has 0 amide bonds. The second-order valence-electron chi connectivity index (χ2n) is 8.20. The van der Waals surface area contributed by atoms with Gasteiger partial charge in [0.15, 0.2) is 5.82 Å². The number of rotatable bonds is 4. The number of para-hydroxylation sites is 2. The van der Waals surface area contributed by atoms with Crippen LogP contribution in [0.25, 0.3) is 22.6 Å². The third-order valence-corrected chi connectivity index (χ3v) is 4.67. The number of aromatic nitrogens is 4. The molecule has 2 N–H and O–H groups in total. The molecule has 0 radical (unpaired) electrons. The molecule has 4 aromatic rings. The molecule has 0 spiro atoms. The van der Waals surface area contributed by atoms with Crippen molar-refractivity contribution in [3.05, 3.63) is 60.2 Å². The van der Waals surface area contributed by atoms with Gasteiger partial charge in [-0.1, -0.05) is 24.3 Å². The van der Waals surface area contributed by atoms with Crippen molar-refractivity contribution in [1.29, 1.82) is 0 Å². The van der Waals surface area contributed by atoms with Gasteiger partial charge in [0.25, 0.3) is 0 Å². The van der Waals surface area contributed by atoms with Gasteiger partial charge in [0, 0.05) is 6.07 Å². The molecule has 31 heavy (non-hydrogen) atoms. The fourth-order valence-corrected chi connectivity index (χ4v) is 3.26. The van der Waals surface area contributed by atoms with Gasteiger partial charge in [0.2, 0.25) is 0 Å². The maximum Gasteiger partial charge on any atom is 0.420 e. The van der Waals surface area contributed by atoms with E-state index in [-0.39, 0.29) is 0 Å². The van der Waals surface area contributed by atoms with Crippen LogP contribution in [0, 0.1) is 0 Å². The van der Waals surface area contributed by atoms with Crippen LogP contribution in [0.4, 0.5) is 10.6 Å². The van der Waals surface area contributed by atoms with Gasteiger partial charge in [-0.3, -0.25) is 0 Å². The number of imidazole rings is 1. The number of benzene rings is 2. The number of carbonyl (C=O) groups excluding carboxylic acids is 1. The van der Waals surface area contributed by atoms with E-state index in [1.165, 1.54) is 4.57 Å². The molecule has 0 fully saturated rings. The smallest absolute Gasteiger partial charge is 0.420 e. The van der Waals surface area contributed by atoms with E-state index < -0.39 is 11.7 Å². The third-order valence-electron chi connectivity index (χ3n) is 4.67. The van der Waals surface area contributed by atoms with E-state index in [1.807, 2.05) is 69.3 Å². The van der Waals surface area contributed by atoms with Gasteiger partial charge in [0.1, 0.15) is 22.9 Å². The van der Waals surface area contributed by atoms with E-state index in [0.29, 0.717) is 34.9 Å². The zero-order chi connectivity index (χ0) is 22.2. The van der Waals surface area contributed by atoms with E-state index in [2.05, 4.69) is 10.1 Å². The van der Waals surface area contributed by atoms with E-state index in [4.69, 9.17) is 15.2 Å². The molecule has 0 aliphatic carbocycles. The number of nitrogen functional groups attached to an aromatic ring is 1. The Kier molecular flexibility index (Phi) is 5.14. The van der Waals surface area contributed by atoms with Crippen molar-refractivity contribution in [3.63, 3.8) is 0 Å². The zero-order valence-corrected chi connectivity index (χ0v) is 18.0. The Labute approximate surface area is 180 Å². The summed E-state index contributed by atoms with van der Waals surface area (Å²) in [6.45, 7) is 5.95. The molecule has 4 rings (SSSR count). The summed E-state index contributed by atoms with van der Waals surface area (Å²) in [7, 11) is 1.63. The van der Waals surface area contributed by atoms with Crippen molar-refractivity contribution >= 4 is 22.9 Å². The van der Waals surface area contributed by atoms with Crippen molar-refractivity contribution in [1.82, 2.24) is 19.3 Å². The minimum atomic E-state index is -0.646. The minimum absolute atomic E-state index is 0.385. The highest BCUT2D eigenvalue weighted by Gasteiger charge is 2.25. The lowest BCUT2D eigenvalue weighted by molar-refractivity contribution is 0.0546. The Balaban J connectivity index is 1.74. The van der Waals surface area contributed by atoms with Gasteiger partial charge >= 0.3 is 6.09 Å². The Bertz CT molecular complexity index is 1230. The highest BCUT2D eigenvalue weighted by molar-refractivity contribution is 5.91. The van der Waals surface area contributed by atoms with Crippen LogP contribution in [0.15, 0.2) is 54.6 Å². The number of nitrogens with zero attached hydrogens (tertiary/aromatic N) is 4. The number of hydrogen-bond acceptors (Lipinski definition) is 6. The Morgan fingerprint density at radius 1 is 1.10 bits per heavy atom. The SMILES string of the molecule is COc1ccc(Cn2nc(-c3nc4ccccc4n3C(=O)OC(C)(C)C)cc2N)cc1. The molecule has 0 aliphatic heterocycles. The molecule has 0 saturated heterocycles. The third kappa shape index (κ3) is 4.23. The van der Waals surface area contributed by atoms with Gasteiger partial charge in [0.05, 0.1) is 24.7 Å². The first-order valence-corrected chi connectivity index (χ1v) is 9.92. The average Bonchev–Trinajstić information content (AvgIpc) is 3.28. The van der Waals surface area contributed by atoms with Gasteiger partial charge in [-0.2, -0.15) is 5.10 Å². The van der Waals surface area contributed by atoms with E-state index in [1.54, 1.807) is 17.9 Å². The summed E-state index contributed by atoms with van der Waals surface area (Å²) >= 11 is 0. The molecule has 0 atom stereocenters. The van der Waals surface area contributed by atoms with Crippen LogP contribution in [0.5, 0.6) is 5.75 Å². The lowest BCUT2D eigenvalue weighted by atomic mass is 10.2. The highest BCUT2D eigenvalue weighted by Crippen LogP contribution is 2.27. The number of anilines is 1. The monoisotopic (exact) mass is 419 g/mol. The Morgan fingerprint density at radius 3 is 2.48 bits per heavy atom. The summed E-state index contributed by atoms with van der Waals surface area (Å²) in [6, 6.07) is 16.8. The minimum Gasteiger partial charge on any atom is -0.497 e. The number of ether oxygens (including phenoxy) is 2. The van der Waals surface area contributed by atoms with Gasteiger partial charge in [-0.25, -0.2) is 19.0 Å². The van der Waals surface area contributed by atoms with Crippen LogP contribution in [0.3, 0.4) is 0 Å². The molecule has 0 saturated carbocycles. The summed E-state index contributed by atoms with van der Waals surface area (Å²) in [5.74, 6) is 1.63. The standard InChI is InChI=1S/C23H25N5O3/c1-23(2,3)31-22(29)28-19-8-6-5-7-17(19)25-21(28)18-13-20(24)27(26-18)14-15-9-11-16(30-4)12-10-15/h5-13H,14,24H2,1-4H3. The highest BCUT2D eigenvalue weighted by atomic mass is 16.6. The zero-order valence-electron chi connectivity index (χ0n) is 18.0. The summed E-state index contributed by atoms with van der Waals surface area (Å²) in [6.07, 6.45) is -0.514. The van der Waals surface area contributed by atoms with E-state index >= 15 is 0 Å². The van der Waals surface area contributed by atoms with Crippen molar-refractivity contribution in [2.24, 2.45) is 0 Å². The predicted molar refractivity (Wildman–Crippen MR) is 119 cm³/mol. The number of methoxy groups -OCH3 is 1. The van der Waals surface area contributed by atoms with Crippen molar-refractivity contribution in [2.45, 2.75) is 32.9 Å². The van der Waals surface area contributed by atoms with Crippen LogP contribution in [-0.4, -0.2) is 38.1 Å². The fraction of sp³-hybridized carbons (Fsp3) is 0.261. The fourth-order valence-electron chi connectivity index (χ4n) is 3.26. The molecule has 0 aliphatic rings. The van der Waals surface area contributed by atoms with Crippen LogP contribution >= 0.6 is 0 Å². The Hall–Kier alpha value is -3.81. The van der Waals surface area contributed by atoms with E-state index in [0.717, 1.165) is 11.3 Å². The summed E-state index contributed by atoms with van der Waals surface area (Å²) in [4.78, 5) is 17.6. The first-order valence-electron chi connectivity index (χ1n) is 9.92. The molecule has 2 heterocycles. The van der Waals surface area contributed by atoms with Crippen molar-refractivity contribution < 1.29 is 14.3 Å². The second-order valence-corrected chi connectivity index (χ2v) is 8.20.